The molecule has 0 radical (unpaired) electrons. The van der Waals surface area contributed by atoms with Crippen LogP contribution in [0.15, 0.2) is 47.6 Å². The first kappa shape index (κ1) is 18.6. The maximum Gasteiger partial charge on any atom is 0.0809 e. The standard InChI is InChI=1S/C26H34O2/c1-25-12-10-20(27)16-19(25)8-9-21-22(25)11-13-26(2)23(21)15-18(24(26)28)14-17-6-4-3-5-7-17/h3-8,14,20-24,27-28H,9-13,15-16H2,1-2H3/b18-14-/t20-,21-,22+,23+,24+,25-,26+/m0/s1. The van der Waals surface area contributed by atoms with Crippen LogP contribution in [-0.2, 0) is 0 Å². The molecule has 0 bridgehead atoms. The first-order valence-corrected chi connectivity index (χ1v) is 11.2. The number of benzene rings is 1. The molecule has 5 rings (SSSR count). The highest BCUT2D eigenvalue weighted by molar-refractivity contribution is 5.55. The SMILES string of the molecule is C[C@@]12CC[C@@H]3[C@H](CC=C4C[C@@H](O)CC[C@@]43C)[C@H]1C/C(=C/c1ccccc1)[C@H]2O. The molecule has 0 unspecified atom stereocenters. The van der Waals surface area contributed by atoms with Crippen LogP contribution in [0.4, 0.5) is 0 Å². The second-order valence-electron chi connectivity index (χ2n) is 10.4. The van der Waals surface area contributed by atoms with E-state index in [2.05, 4.69) is 50.3 Å². The van der Waals surface area contributed by atoms with Gasteiger partial charge >= 0.3 is 0 Å². The summed E-state index contributed by atoms with van der Waals surface area (Å²) in [6.45, 7) is 4.81. The van der Waals surface area contributed by atoms with Gasteiger partial charge in [-0.2, -0.15) is 0 Å². The minimum absolute atomic E-state index is 0.0116. The van der Waals surface area contributed by atoms with E-state index in [9.17, 15) is 10.2 Å². The van der Waals surface area contributed by atoms with Crippen molar-refractivity contribution in [3.05, 3.63) is 53.1 Å². The zero-order chi connectivity index (χ0) is 19.5. The Balaban J connectivity index is 1.47. The summed E-state index contributed by atoms with van der Waals surface area (Å²) in [5, 5.41) is 21.5. The zero-order valence-corrected chi connectivity index (χ0v) is 17.3. The first-order chi connectivity index (χ1) is 13.4. The summed E-state index contributed by atoms with van der Waals surface area (Å²) in [4.78, 5) is 0. The van der Waals surface area contributed by atoms with Crippen LogP contribution >= 0.6 is 0 Å². The summed E-state index contributed by atoms with van der Waals surface area (Å²) in [5.74, 6) is 1.94. The molecule has 0 spiro atoms. The number of aliphatic hydroxyl groups excluding tert-OH is 2. The molecule has 2 N–H and O–H groups in total. The van der Waals surface area contributed by atoms with Crippen LogP contribution in [0, 0.1) is 28.6 Å². The first-order valence-electron chi connectivity index (χ1n) is 11.2. The molecule has 0 amide bonds. The van der Waals surface area contributed by atoms with Crippen molar-refractivity contribution in [3.8, 4) is 0 Å². The molecule has 0 aromatic heterocycles. The molecule has 150 valence electrons. The van der Waals surface area contributed by atoms with Crippen molar-refractivity contribution in [1.82, 2.24) is 0 Å². The Bertz CT molecular complexity index is 809. The maximum atomic E-state index is 11.3. The number of allylic oxidation sites excluding steroid dienone is 1. The molecule has 2 nitrogen and oxygen atoms in total. The van der Waals surface area contributed by atoms with E-state index in [0.717, 1.165) is 38.5 Å². The summed E-state index contributed by atoms with van der Waals surface area (Å²) in [6, 6.07) is 10.5. The van der Waals surface area contributed by atoms with Crippen molar-refractivity contribution in [2.75, 3.05) is 0 Å². The third-order valence-electron chi connectivity index (χ3n) is 9.10. The van der Waals surface area contributed by atoms with Gasteiger partial charge in [-0.15, -0.1) is 0 Å². The van der Waals surface area contributed by atoms with E-state index in [1.54, 1.807) is 0 Å². The molecule has 0 saturated heterocycles. The van der Waals surface area contributed by atoms with Crippen molar-refractivity contribution >= 4 is 6.08 Å². The van der Waals surface area contributed by atoms with Gasteiger partial charge in [0.1, 0.15) is 0 Å². The van der Waals surface area contributed by atoms with Crippen molar-refractivity contribution in [2.45, 2.75) is 71.0 Å². The summed E-state index contributed by atoms with van der Waals surface area (Å²) in [6.07, 6.45) is 11.7. The molecule has 3 fully saturated rings. The summed E-state index contributed by atoms with van der Waals surface area (Å²) in [7, 11) is 0. The highest BCUT2D eigenvalue weighted by Gasteiger charge is 2.59. The minimum Gasteiger partial charge on any atom is -0.393 e. The van der Waals surface area contributed by atoms with Crippen molar-refractivity contribution in [1.29, 1.82) is 0 Å². The number of aliphatic hydroxyl groups is 2. The molecule has 1 aromatic carbocycles. The predicted molar refractivity (Wildman–Crippen MR) is 114 cm³/mol. The normalized spacial score (nSPS) is 46.5. The Morgan fingerprint density at radius 1 is 0.964 bits per heavy atom. The lowest BCUT2D eigenvalue weighted by Crippen LogP contribution is -2.51. The highest BCUT2D eigenvalue weighted by Crippen LogP contribution is 2.65. The average Bonchev–Trinajstić information content (AvgIpc) is 2.94. The number of hydrogen-bond acceptors (Lipinski definition) is 2. The molecular formula is C26H34O2. The van der Waals surface area contributed by atoms with Crippen LogP contribution in [0.25, 0.3) is 6.08 Å². The lowest BCUT2D eigenvalue weighted by Gasteiger charge is -2.57. The Hall–Kier alpha value is -1.38. The Labute approximate surface area is 169 Å². The number of rotatable bonds is 1. The van der Waals surface area contributed by atoms with Gasteiger partial charge in [0.05, 0.1) is 12.2 Å². The fourth-order valence-corrected chi connectivity index (χ4v) is 7.40. The summed E-state index contributed by atoms with van der Waals surface area (Å²) >= 11 is 0. The van der Waals surface area contributed by atoms with E-state index in [1.807, 2.05) is 6.07 Å². The van der Waals surface area contributed by atoms with E-state index in [4.69, 9.17) is 0 Å². The third kappa shape index (κ3) is 2.68. The van der Waals surface area contributed by atoms with Gasteiger partial charge in [0.15, 0.2) is 0 Å². The Morgan fingerprint density at radius 2 is 1.75 bits per heavy atom. The van der Waals surface area contributed by atoms with Crippen molar-refractivity contribution in [3.63, 3.8) is 0 Å². The van der Waals surface area contributed by atoms with E-state index in [0.29, 0.717) is 17.8 Å². The lowest BCUT2D eigenvalue weighted by atomic mass is 9.48. The van der Waals surface area contributed by atoms with E-state index >= 15 is 0 Å². The van der Waals surface area contributed by atoms with Crippen LogP contribution < -0.4 is 0 Å². The molecular weight excluding hydrogens is 344 g/mol. The van der Waals surface area contributed by atoms with Crippen LogP contribution in [0.3, 0.4) is 0 Å². The average molecular weight is 379 g/mol. The Morgan fingerprint density at radius 3 is 2.54 bits per heavy atom. The van der Waals surface area contributed by atoms with E-state index in [-0.39, 0.29) is 23.0 Å². The van der Waals surface area contributed by atoms with Crippen LogP contribution in [0.1, 0.15) is 64.4 Å². The lowest BCUT2D eigenvalue weighted by molar-refractivity contribution is -0.0685. The third-order valence-corrected chi connectivity index (χ3v) is 9.10. The molecule has 2 heteroatoms. The largest absolute Gasteiger partial charge is 0.393 e. The molecule has 4 aliphatic rings. The van der Waals surface area contributed by atoms with Crippen molar-refractivity contribution < 1.29 is 10.2 Å². The van der Waals surface area contributed by atoms with Crippen LogP contribution in [-0.4, -0.2) is 22.4 Å². The van der Waals surface area contributed by atoms with Gasteiger partial charge in [0.25, 0.3) is 0 Å². The smallest absolute Gasteiger partial charge is 0.0809 e. The minimum atomic E-state index is -0.315. The van der Waals surface area contributed by atoms with E-state index < -0.39 is 0 Å². The number of fused-ring (bicyclic) bond motifs is 5. The zero-order valence-electron chi connectivity index (χ0n) is 17.3. The topological polar surface area (TPSA) is 40.5 Å². The predicted octanol–water partition coefficient (Wildman–Crippen LogP) is 5.36. The van der Waals surface area contributed by atoms with Gasteiger partial charge in [-0.05, 0) is 79.3 Å². The van der Waals surface area contributed by atoms with Crippen LogP contribution in [0.2, 0.25) is 0 Å². The van der Waals surface area contributed by atoms with Gasteiger partial charge in [-0.25, -0.2) is 0 Å². The molecule has 0 heterocycles. The summed E-state index contributed by atoms with van der Waals surface area (Å²) < 4.78 is 0. The quantitative estimate of drug-likeness (QED) is 0.646. The molecule has 28 heavy (non-hydrogen) atoms. The van der Waals surface area contributed by atoms with E-state index in [1.165, 1.54) is 23.1 Å². The van der Waals surface area contributed by atoms with Gasteiger partial charge in [0, 0.05) is 5.41 Å². The van der Waals surface area contributed by atoms with Gasteiger partial charge in [-0.1, -0.05) is 61.9 Å². The van der Waals surface area contributed by atoms with Gasteiger partial charge in [0.2, 0.25) is 0 Å². The van der Waals surface area contributed by atoms with Crippen molar-refractivity contribution in [2.24, 2.45) is 28.6 Å². The molecule has 0 aliphatic heterocycles. The van der Waals surface area contributed by atoms with Crippen LogP contribution in [0.5, 0.6) is 0 Å². The molecule has 7 atom stereocenters. The second-order valence-corrected chi connectivity index (χ2v) is 10.4. The summed E-state index contributed by atoms with van der Waals surface area (Å²) in [5.41, 5.74) is 4.24. The maximum absolute atomic E-state index is 11.3. The second kappa shape index (κ2) is 6.57. The monoisotopic (exact) mass is 378 g/mol. The van der Waals surface area contributed by atoms with Gasteiger partial charge < -0.3 is 10.2 Å². The fourth-order valence-electron chi connectivity index (χ4n) is 7.40. The molecule has 1 aromatic rings. The molecule has 4 aliphatic carbocycles. The highest BCUT2D eigenvalue weighted by atomic mass is 16.3. The Kier molecular flexibility index (Phi) is 4.37. The van der Waals surface area contributed by atoms with Gasteiger partial charge in [-0.3, -0.25) is 0 Å². The molecule has 3 saturated carbocycles. The number of hydrogen-bond donors (Lipinski definition) is 2. The fraction of sp³-hybridized carbons (Fsp3) is 0.615.